The van der Waals surface area contributed by atoms with Gasteiger partial charge >= 0.3 is 0 Å². The second-order valence-electron chi connectivity index (χ2n) is 4.36. The average molecular weight is 184 g/mol. The van der Waals surface area contributed by atoms with E-state index in [4.69, 9.17) is 0 Å². The van der Waals surface area contributed by atoms with Gasteiger partial charge in [-0.05, 0) is 31.8 Å². The number of likely N-dealkylation sites (tertiary alicyclic amines) is 1. The van der Waals surface area contributed by atoms with Gasteiger partial charge in [0.2, 0.25) is 0 Å². The number of nitrogens with one attached hydrogen (secondary N) is 1. The van der Waals surface area contributed by atoms with Crippen LogP contribution in [0.4, 0.5) is 0 Å². The molecule has 0 spiro atoms. The van der Waals surface area contributed by atoms with Gasteiger partial charge in [-0.15, -0.1) is 0 Å². The molecule has 1 N–H and O–H groups in total. The number of hydrogen-bond acceptors (Lipinski definition) is 2. The number of hydrogen-bond donors (Lipinski definition) is 1. The lowest BCUT2D eigenvalue weighted by Gasteiger charge is -2.36. The van der Waals surface area contributed by atoms with E-state index in [0.717, 1.165) is 18.5 Å². The lowest BCUT2D eigenvalue weighted by molar-refractivity contribution is 0.150. The van der Waals surface area contributed by atoms with Crippen LogP contribution in [-0.2, 0) is 0 Å². The molecule has 2 atom stereocenters. The van der Waals surface area contributed by atoms with E-state index < -0.39 is 0 Å². The third-order valence-corrected chi connectivity index (χ3v) is 2.77. The molecule has 0 bridgehead atoms. The first-order chi connectivity index (χ1) is 6.26. The van der Waals surface area contributed by atoms with Crippen LogP contribution >= 0.6 is 0 Å². The summed E-state index contributed by atoms with van der Waals surface area (Å²) in [4.78, 5) is 2.60. The van der Waals surface area contributed by atoms with E-state index in [2.05, 4.69) is 31.0 Å². The summed E-state index contributed by atoms with van der Waals surface area (Å²) in [6.07, 6.45) is 2.64. The predicted molar refractivity (Wildman–Crippen MR) is 58.0 cm³/mol. The van der Waals surface area contributed by atoms with Gasteiger partial charge in [-0.3, -0.25) is 0 Å². The molecule has 2 unspecified atom stereocenters. The second-order valence-corrected chi connectivity index (χ2v) is 4.36. The second kappa shape index (κ2) is 5.61. The zero-order chi connectivity index (χ0) is 9.68. The van der Waals surface area contributed by atoms with Gasteiger partial charge in [-0.2, -0.15) is 0 Å². The maximum Gasteiger partial charge on any atom is 0.0197 e. The Morgan fingerprint density at radius 3 is 2.69 bits per heavy atom. The summed E-state index contributed by atoms with van der Waals surface area (Å²) in [6, 6.07) is 0.736. The summed E-state index contributed by atoms with van der Waals surface area (Å²) in [5, 5.41) is 3.56. The zero-order valence-corrected chi connectivity index (χ0v) is 9.34. The summed E-state index contributed by atoms with van der Waals surface area (Å²) in [5.74, 6) is 0.865. The highest BCUT2D eigenvalue weighted by Gasteiger charge is 2.22. The van der Waals surface area contributed by atoms with Gasteiger partial charge in [0.1, 0.15) is 0 Å². The SMILES string of the molecule is CCCN1CC(C)CC(NCC)C1. The van der Waals surface area contributed by atoms with Crippen molar-refractivity contribution < 1.29 is 0 Å². The van der Waals surface area contributed by atoms with Gasteiger partial charge in [0, 0.05) is 19.1 Å². The van der Waals surface area contributed by atoms with Crippen molar-refractivity contribution in [3.05, 3.63) is 0 Å². The molecule has 1 aliphatic rings. The van der Waals surface area contributed by atoms with E-state index in [1.807, 2.05) is 0 Å². The summed E-state index contributed by atoms with van der Waals surface area (Å²) < 4.78 is 0. The number of nitrogens with zero attached hydrogens (tertiary/aromatic N) is 1. The van der Waals surface area contributed by atoms with E-state index in [0.29, 0.717) is 0 Å². The highest BCUT2D eigenvalue weighted by Crippen LogP contribution is 2.16. The normalized spacial score (nSPS) is 30.7. The molecule has 1 fully saturated rings. The van der Waals surface area contributed by atoms with E-state index in [-0.39, 0.29) is 0 Å². The molecule has 78 valence electrons. The quantitative estimate of drug-likeness (QED) is 0.715. The molecule has 0 aromatic rings. The van der Waals surface area contributed by atoms with Crippen LogP contribution in [0.2, 0.25) is 0 Å². The van der Waals surface area contributed by atoms with E-state index in [9.17, 15) is 0 Å². The Morgan fingerprint density at radius 2 is 2.08 bits per heavy atom. The summed E-state index contributed by atoms with van der Waals surface area (Å²) in [5.41, 5.74) is 0. The minimum atomic E-state index is 0.736. The molecule has 0 amide bonds. The van der Waals surface area contributed by atoms with Crippen molar-refractivity contribution in [2.45, 2.75) is 39.7 Å². The molecule has 1 heterocycles. The minimum Gasteiger partial charge on any atom is -0.313 e. The Balaban J connectivity index is 2.33. The highest BCUT2D eigenvalue weighted by atomic mass is 15.2. The van der Waals surface area contributed by atoms with Crippen LogP contribution in [0.1, 0.15) is 33.6 Å². The first-order valence-corrected chi connectivity index (χ1v) is 5.72. The van der Waals surface area contributed by atoms with Crippen molar-refractivity contribution in [3.8, 4) is 0 Å². The molecular formula is C11H24N2. The van der Waals surface area contributed by atoms with Crippen LogP contribution in [0, 0.1) is 5.92 Å². The van der Waals surface area contributed by atoms with E-state index in [1.165, 1.54) is 32.5 Å². The van der Waals surface area contributed by atoms with Crippen LogP contribution in [0.5, 0.6) is 0 Å². The van der Waals surface area contributed by atoms with Gasteiger partial charge < -0.3 is 10.2 Å². The molecule has 0 aliphatic carbocycles. The third-order valence-electron chi connectivity index (χ3n) is 2.77. The molecule has 1 aliphatic heterocycles. The lowest BCUT2D eigenvalue weighted by Crippen LogP contribution is -2.48. The Morgan fingerprint density at radius 1 is 1.31 bits per heavy atom. The van der Waals surface area contributed by atoms with Crippen LogP contribution in [0.25, 0.3) is 0 Å². The van der Waals surface area contributed by atoms with Crippen molar-refractivity contribution in [2.24, 2.45) is 5.92 Å². The summed E-state index contributed by atoms with van der Waals surface area (Å²) >= 11 is 0. The summed E-state index contributed by atoms with van der Waals surface area (Å²) in [6.45, 7) is 11.8. The van der Waals surface area contributed by atoms with Crippen molar-refractivity contribution in [1.82, 2.24) is 10.2 Å². The average Bonchev–Trinajstić information content (AvgIpc) is 2.04. The molecule has 2 heteroatoms. The van der Waals surface area contributed by atoms with Gasteiger partial charge in [0.25, 0.3) is 0 Å². The predicted octanol–water partition coefficient (Wildman–Crippen LogP) is 1.72. The standard InChI is InChI=1S/C11H24N2/c1-4-6-13-8-10(3)7-11(9-13)12-5-2/h10-12H,4-9H2,1-3H3. The maximum atomic E-state index is 3.56. The van der Waals surface area contributed by atoms with Gasteiger partial charge in [-0.1, -0.05) is 20.8 Å². The fourth-order valence-electron chi connectivity index (χ4n) is 2.40. The highest BCUT2D eigenvalue weighted by molar-refractivity contribution is 4.81. The van der Waals surface area contributed by atoms with Crippen molar-refractivity contribution in [1.29, 1.82) is 0 Å². The molecule has 0 radical (unpaired) electrons. The number of rotatable bonds is 4. The van der Waals surface area contributed by atoms with Crippen molar-refractivity contribution >= 4 is 0 Å². The fourth-order valence-corrected chi connectivity index (χ4v) is 2.40. The molecule has 0 saturated carbocycles. The van der Waals surface area contributed by atoms with Crippen LogP contribution in [0.3, 0.4) is 0 Å². The smallest absolute Gasteiger partial charge is 0.0197 e. The molecule has 2 nitrogen and oxygen atoms in total. The first kappa shape index (κ1) is 11.0. The molecule has 1 rings (SSSR count). The minimum absolute atomic E-state index is 0.736. The Kier molecular flexibility index (Phi) is 4.74. The lowest BCUT2D eigenvalue weighted by atomic mass is 9.96. The largest absolute Gasteiger partial charge is 0.313 e. The fraction of sp³-hybridized carbons (Fsp3) is 1.00. The van der Waals surface area contributed by atoms with Crippen molar-refractivity contribution in [3.63, 3.8) is 0 Å². The van der Waals surface area contributed by atoms with Crippen LogP contribution < -0.4 is 5.32 Å². The third kappa shape index (κ3) is 3.65. The Hall–Kier alpha value is -0.0800. The van der Waals surface area contributed by atoms with Crippen molar-refractivity contribution in [2.75, 3.05) is 26.2 Å². The molecule has 0 aromatic heterocycles. The van der Waals surface area contributed by atoms with Crippen LogP contribution in [0.15, 0.2) is 0 Å². The maximum absolute atomic E-state index is 3.56. The zero-order valence-electron chi connectivity index (χ0n) is 9.34. The van der Waals surface area contributed by atoms with E-state index >= 15 is 0 Å². The number of piperidine rings is 1. The molecular weight excluding hydrogens is 160 g/mol. The monoisotopic (exact) mass is 184 g/mol. The van der Waals surface area contributed by atoms with E-state index in [1.54, 1.807) is 0 Å². The molecule has 1 saturated heterocycles. The van der Waals surface area contributed by atoms with Gasteiger partial charge in [0.05, 0.1) is 0 Å². The molecule has 0 aromatic carbocycles. The Labute approximate surface area is 82.7 Å². The Bertz CT molecular complexity index is 122. The first-order valence-electron chi connectivity index (χ1n) is 5.72. The van der Waals surface area contributed by atoms with Gasteiger partial charge in [-0.25, -0.2) is 0 Å². The summed E-state index contributed by atoms with van der Waals surface area (Å²) in [7, 11) is 0. The number of likely N-dealkylation sites (N-methyl/N-ethyl adjacent to an activating group) is 1. The molecule has 13 heavy (non-hydrogen) atoms. The van der Waals surface area contributed by atoms with Crippen LogP contribution in [-0.4, -0.2) is 37.1 Å². The topological polar surface area (TPSA) is 15.3 Å². The van der Waals surface area contributed by atoms with Gasteiger partial charge in [0.15, 0.2) is 0 Å².